The maximum Gasteiger partial charge on any atom is 0.0946 e. The molecule has 3 nitrogen and oxygen atoms in total. The first-order valence-corrected chi connectivity index (χ1v) is 8.09. The number of rotatable bonds is 6. The van der Waals surface area contributed by atoms with Gasteiger partial charge in [0.2, 0.25) is 0 Å². The van der Waals surface area contributed by atoms with E-state index in [1.54, 1.807) is 0 Å². The Hall–Kier alpha value is -1.61. The number of nitrogens with one attached hydrogen (secondary N) is 1. The predicted molar refractivity (Wildman–Crippen MR) is 86.4 cm³/mol. The monoisotopic (exact) mass is 283 g/mol. The van der Waals surface area contributed by atoms with Crippen molar-refractivity contribution in [1.82, 2.24) is 14.9 Å². The van der Waals surface area contributed by atoms with Crippen LogP contribution in [0.4, 0.5) is 0 Å². The summed E-state index contributed by atoms with van der Waals surface area (Å²) in [7, 11) is 2.06. The molecule has 1 aliphatic rings. The van der Waals surface area contributed by atoms with E-state index in [0.29, 0.717) is 0 Å². The van der Waals surface area contributed by atoms with E-state index in [1.807, 2.05) is 12.5 Å². The van der Waals surface area contributed by atoms with E-state index < -0.39 is 0 Å². The van der Waals surface area contributed by atoms with Gasteiger partial charge in [0.15, 0.2) is 0 Å². The second-order valence-corrected chi connectivity index (χ2v) is 6.11. The molecule has 1 fully saturated rings. The number of nitrogens with zero attached hydrogens (tertiary/aromatic N) is 2. The first-order valence-electron chi connectivity index (χ1n) is 8.09. The quantitative estimate of drug-likeness (QED) is 0.874. The highest BCUT2D eigenvalue weighted by molar-refractivity contribution is 5.32. The first kappa shape index (κ1) is 14.3. The van der Waals surface area contributed by atoms with Crippen molar-refractivity contribution < 1.29 is 0 Å². The highest BCUT2D eigenvalue weighted by atomic mass is 15.1. The van der Waals surface area contributed by atoms with Gasteiger partial charge in [-0.2, -0.15) is 0 Å². The molecule has 21 heavy (non-hydrogen) atoms. The Bertz CT molecular complexity index is 566. The maximum atomic E-state index is 4.27. The van der Waals surface area contributed by atoms with Gasteiger partial charge in [-0.15, -0.1) is 0 Å². The molecule has 1 atom stereocenters. The molecule has 1 aromatic carbocycles. The lowest BCUT2D eigenvalue weighted by molar-refractivity contribution is 0.419. The SMILES string of the molecule is CCCNC(c1ccc(C2CCC2)cc1)c1cncn1C. The van der Waals surface area contributed by atoms with Crippen molar-refractivity contribution in [1.29, 1.82) is 0 Å². The molecule has 1 N–H and O–H groups in total. The zero-order valence-electron chi connectivity index (χ0n) is 13.0. The van der Waals surface area contributed by atoms with E-state index in [1.165, 1.54) is 36.1 Å². The molecule has 0 aliphatic heterocycles. The number of hydrogen-bond donors (Lipinski definition) is 1. The number of benzene rings is 1. The molecule has 3 rings (SSSR count). The Kier molecular flexibility index (Phi) is 4.39. The highest BCUT2D eigenvalue weighted by Crippen LogP contribution is 2.36. The van der Waals surface area contributed by atoms with E-state index in [2.05, 4.69) is 53.1 Å². The van der Waals surface area contributed by atoms with Gasteiger partial charge in [-0.1, -0.05) is 37.6 Å². The van der Waals surface area contributed by atoms with Gasteiger partial charge in [-0.05, 0) is 42.9 Å². The van der Waals surface area contributed by atoms with Gasteiger partial charge in [-0.25, -0.2) is 4.98 Å². The smallest absolute Gasteiger partial charge is 0.0946 e. The summed E-state index contributed by atoms with van der Waals surface area (Å²) in [5.41, 5.74) is 4.05. The van der Waals surface area contributed by atoms with Crippen LogP contribution in [0.15, 0.2) is 36.8 Å². The average Bonchev–Trinajstić information content (AvgIpc) is 2.85. The van der Waals surface area contributed by atoms with Crippen molar-refractivity contribution >= 4 is 0 Å². The molecule has 0 bridgehead atoms. The zero-order valence-corrected chi connectivity index (χ0v) is 13.0. The van der Waals surface area contributed by atoms with Crippen molar-refractivity contribution in [3.8, 4) is 0 Å². The molecular weight excluding hydrogens is 258 g/mol. The Morgan fingerprint density at radius 2 is 2.05 bits per heavy atom. The van der Waals surface area contributed by atoms with E-state index in [-0.39, 0.29) is 6.04 Å². The maximum absolute atomic E-state index is 4.27. The minimum Gasteiger partial charge on any atom is -0.336 e. The van der Waals surface area contributed by atoms with Crippen LogP contribution in [0.3, 0.4) is 0 Å². The third-order valence-electron chi connectivity index (χ3n) is 4.59. The van der Waals surface area contributed by atoms with Crippen LogP contribution in [0, 0.1) is 0 Å². The molecule has 0 spiro atoms. The van der Waals surface area contributed by atoms with Crippen LogP contribution in [0.2, 0.25) is 0 Å². The highest BCUT2D eigenvalue weighted by Gasteiger charge is 2.21. The van der Waals surface area contributed by atoms with E-state index in [4.69, 9.17) is 0 Å². The zero-order chi connectivity index (χ0) is 14.7. The third kappa shape index (κ3) is 3.03. The van der Waals surface area contributed by atoms with Crippen LogP contribution in [0.5, 0.6) is 0 Å². The second-order valence-electron chi connectivity index (χ2n) is 6.11. The van der Waals surface area contributed by atoms with Gasteiger partial charge in [0.05, 0.1) is 24.3 Å². The summed E-state index contributed by atoms with van der Waals surface area (Å²) in [6, 6.07) is 9.43. The number of imidazole rings is 1. The summed E-state index contributed by atoms with van der Waals surface area (Å²) in [6.07, 6.45) is 9.08. The van der Waals surface area contributed by atoms with Crippen LogP contribution in [-0.2, 0) is 7.05 Å². The van der Waals surface area contributed by atoms with Crippen molar-refractivity contribution in [2.75, 3.05) is 6.54 Å². The number of aryl methyl sites for hydroxylation is 1. The minimum atomic E-state index is 0.230. The lowest BCUT2D eigenvalue weighted by Crippen LogP contribution is -2.25. The van der Waals surface area contributed by atoms with Crippen LogP contribution in [0.25, 0.3) is 0 Å². The normalized spacial score (nSPS) is 16.7. The van der Waals surface area contributed by atoms with Crippen molar-refractivity contribution in [2.24, 2.45) is 7.05 Å². The largest absolute Gasteiger partial charge is 0.336 e. The molecule has 1 aromatic heterocycles. The number of aromatic nitrogens is 2. The van der Waals surface area contributed by atoms with Crippen molar-refractivity contribution in [2.45, 2.75) is 44.6 Å². The van der Waals surface area contributed by atoms with E-state index in [0.717, 1.165) is 18.9 Å². The summed E-state index contributed by atoms with van der Waals surface area (Å²) in [5.74, 6) is 0.804. The predicted octanol–water partition coefficient (Wildman–Crippen LogP) is 3.78. The van der Waals surface area contributed by atoms with Gasteiger partial charge in [0.1, 0.15) is 0 Å². The average molecular weight is 283 g/mol. The summed E-state index contributed by atoms with van der Waals surface area (Å²) in [5, 5.41) is 3.64. The molecule has 2 aromatic rings. The molecule has 1 aliphatic carbocycles. The summed E-state index contributed by atoms with van der Waals surface area (Å²) < 4.78 is 2.10. The van der Waals surface area contributed by atoms with Crippen LogP contribution in [0.1, 0.15) is 61.4 Å². The van der Waals surface area contributed by atoms with Crippen molar-refractivity contribution in [3.63, 3.8) is 0 Å². The fraction of sp³-hybridized carbons (Fsp3) is 0.500. The summed E-state index contributed by atoms with van der Waals surface area (Å²) in [4.78, 5) is 4.27. The molecular formula is C18H25N3. The van der Waals surface area contributed by atoms with Crippen LogP contribution >= 0.6 is 0 Å². The molecule has 0 radical (unpaired) electrons. The Morgan fingerprint density at radius 1 is 1.29 bits per heavy atom. The Labute approximate surface area is 127 Å². The third-order valence-corrected chi connectivity index (χ3v) is 4.59. The molecule has 1 heterocycles. The van der Waals surface area contributed by atoms with Crippen molar-refractivity contribution in [3.05, 3.63) is 53.6 Å². The molecule has 0 amide bonds. The van der Waals surface area contributed by atoms with Crippen LogP contribution in [-0.4, -0.2) is 16.1 Å². The Balaban J connectivity index is 1.83. The summed E-state index contributed by atoms with van der Waals surface area (Å²) >= 11 is 0. The fourth-order valence-electron chi connectivity index (χ4n) is 3.03. The number of hydrogen-bond acceptors (Lipinski definition) is 2. The second kappa shape index (κ2) is 6.44. The first-order chi connectivity index (χ1) is 10.3. The molecule has 1 unspecified atom stereocenters. The molecule has 112 valence electrons. The topological polar surface area (TPSA) is 29.9 Å². The summed E-state index contributed by atoms with van der Waals surface area (Å²) in [6.45, 7) is 3.22. The fourth-order valence-corrected chi connectivity index (χ4v) is 3.03. The molecule has 0 saturated heterocycles. The van der Waals surface area contributed by atoms with Gasteiger partial charge in [-0.3, -0.25) is 0 Å². The van der Waals surface area contributed by atoms with Gasteiger partial charge >= 0.3 is 0 Å². The Morgan fingerprint density at radius 3 is 2.57 bits per heavy atom. The van der Waals surface area contributed by atoms with Gasteiger partial charge in [0.25, 0.3) is 0 Å². The lowest BCUT2D eigenvalue weighted by Gasteiger charge is -2.26. The van der Waals surface area contributed by atoms with Gasteiger partial charge < -0.3 is 9.88 Å². The standard InChI is InChI=1S/C18H25N3/c1-3-11-20-18(17-12-19-13-21(17)2)16-9-7-15(8-10-16)14-5-4-6-14/h7-10,12-14,18,20H,3-6,11H2,1-2H3. The lowest BCUT2D eigenvalue weighted by atomic mass is 9.80. The van der Waals surface area contributed by atoms with E-state index in [9.17, 15) is 0 Å². The molecule has 1 saturated carbocycles. The molecule has 3 heteroatoms. The van der Waals surface area contributed by atoms with E-state index >= 15 is 0 Å². The minimum absolute atomic E-state index is 0.230. The van der Waals surface area contributed by atoms with Crippen LogP contribution < -0.4 is 5.32 Å². The van der Waals surface area contributed by atoms with Gasteiger partial charge in [0, 0.05) is 7.05 Å².